The van der Waals surface area contributed by atoms with Crippen molar-refractivity contribution < 1.29 is 0 Å². The molecule has 3 N–H and O–H groups in total. The third-order valence-electron chi connectivity index (χ3n) is 4.01. The SMILES string of the molecule is Cc1ccccc1Nc1nc(N(C)c2ccccc2)nc(N)c1C. The summed E-state index contributed by atoms with van der Waals surface area (Å²) in [7, 11) is 1.93. The molecule has 5 heteroatoms. The standard InChI is InChI=1S/C19H21N5/c1-13-9-7-8-12-16(13)21-18-14(2)17(20)22-19(23-18)24(3)15-10-5-4-6-11-15/h4-12H,1-3H3,(H3,20,21,22,23). The van der Waals surface area contributed by atoms with Gasteiger partial charge in [0.25, 0.3) is 0 Å². The van der Waals surface area contributed by atoms with Crippen molar-refractivity contribution >= 4 is 29.0 Å². The number of aryl methyl sites for hydroxylation is 1. The molecule has 3 aromatic rings. The molecule has 0 fully saturated rings. The number of nitrogen functional groups attached to an aromatic ring is 1. The van der Waals surface area contributed by atoms with E-state index in [4.69, 9.17) is 5.73 Å². The van der Waals surface area contributed by atoms with E-state index in [0.717, 1.165) is 28.3 Å². The zero-order valence-corrected chi connectivity index (χ0v) is 14.1. The summed E-state index contributed by atoms with van der Waals surface area (Å²) in [6.07, 6.45) is 0. The maximum atomic E-state index is 6.11. The number of hydrogen-bond donors (Lipinski definition) is 2. The Morgan fingerprint density at radius 2 is 1.58 bits per heavy atom. The molecule has 0 unspecified atom stereocenters. The normalized spacial score (nSPS) is 10.5. The van der Waals surface area contributed by atoms with Gasteiger partial charge in [-0.05, 0) is 37.6 Å². The summed E-state index contributed by atoms with van der Waals surface area (Å²) >= 11 is 0. The quantitative estimate of drug-likeness (QED) is 0.755. The lowest BCUT2D eigenvalue weighted by Crippen LogP contribution is -2.16. The van der Waals surface area contributed by atoms with Crippen LogP contribution in [-0.4, -0.2) is 17.0 Å². The molecule has 0 radical (unpaired) electrons. The van der Waals surface area contributed by atoms with Gasteiger partial charge in [-0.15, -0.1) is 0 Å². The predicted octanol–water partition coefficient (Wildman–Crippen LogP) is 4.19. The van der Waals surface area contributed by atoms with Gasteiger partial charge in [0.2, 0.25) is 5.95 Å². The highest BCUT2D eigenvalue weighted by atomic mass is 15.3. The van der Waals surface area contributed by atoms with Gasteiger partial charge >= 0.3 is 0 Å². The Hall–Kier alpha value is -3.08. The van der Waals surface area contributed by atoms with Crippen molar-refractivity contribution in [2.24, 2.45) is 0 Å². The molecule has 0 saturated heterocycles. The average Bonchev–Trinajstić information content (AvgIpc) is 2.60. The van der Waals surface area contributed by atoms with Crippen molar-refractivity contribution in [3.8, 4) is 0 Å². The van der Waals surface area contributed by atoms with E-state index < -0.39 is 0 Å². The van der Waals surface area contributed by atoms with Crippen LogP contribution in [0.1, 0.15) is 11.1 Å². The molecule has 0 aliphatic carbocycles. The Morgan fingerprint density at radius 3 is 2.29 bits per heavy atom. The van der Waals surface area contributed by atoms with Crippen LogP contribution in [0.3, 0.4) is 0 Å². The fourth-order valence-corrected chi connectivity index (χ4v) is 2.40. The number of hydrogen-bond acceptors (Lipinski definition) is 5. The van der Waals surface area contributed by atoms with Crippen molar-refractivity contribution in [1.82, 2.24) is 9.97 Å². The lowest BCUT2D eigenvalue weighted by molar-refractivity contribution is 1.04. The molecule has 1 aromatic heterocycles. The molecule has 5 nitrogen and oxygen atoms in total. The Bertz CT molecular complexity index is 846. The van der Waals surface area contributed by atoms with Crippen LogP contribution in [0.5, 0.6) is 0 Å². The molecule has 0 bridgehead atoms. The van der Waals surface area contributed by atoms with Crippen LogP contribution < -0.4 is 16.0 Å². The van der Waals surface area contributed by atoms with E-state index in [1.807, 2.05) is 67.4 Å². The van der Waals surface area contributed by atoms with Gasteiger partial charge in [-0.1, -0.05) is 36.4 Å². The van der Waals surface area contributed by atoms with Gasteiger partial charge in [0.1, 0.15) is 11.6 Å². The minimum absolute atomic E-state index is 0.471. The van der Waals surface area contributed by atoms with E-state index in [0.29, 0.717) is 11.8 Å². The average molecular weight is 319 g/mol. The molecule has 0 amide bonds. The summed E-state index contributed by atoms with van der Waals surface area (Å²) < 4.78 is 0. The summed E-state index contributed by atoms with van der Waals surface area (Å²) in [6.45, 7) is 3.97. The summed E-state index contributed by atoms with van der Waals surface area (Å²) in [6, 6.07) is 18.0. The first-order chi connectivity index (χ1) is 11.6. The largest absolute Gasteiger partial charge is 0.383 e. The second-order valence-corrected chi connectivity index (χ2v) is 5.72. The van der Waals surface area contributed by atoms with Crippen molar-refractivity contribution in [2.45, 2.75) is 13.8 Å². The second kappa shape index (κ2) is 6.58. The molecule has 1 heterocycles. The van der Waals surface area contributed by atoms with E-state index in [1.165, 1.54) is 0 Å². The van der Waals surface area contributed by atoms with Crippen molar-refractivity contribution in [3.05, 3.63) is 65.7 Å². The highest BCUT2D eigenvalue weighted by molar-refractivity contribution is 5.69. The molecule has 0 atom stereocenters. The van der Waals surface area contributed by atoms with Crippen LogP contribution in [-0.2, 0) is 0 Å². The van der Waals surface area contributed by atoms with Gasteiger partial charge in [0.05, 0.1) is 0 Å². The van der Waals surface area contributed by atoms with E-state index in [1.54, 1.807) is 0 Å². The highest BCUT2D eigenvalue weighted by Gasteiger charge is 2.13. The zero-order chi connectivity index (χ0) is 17.1. The summed E-state index contributed by atoms with van der Waals surface area (Å²) in [5.74, 6) is 1.74. The molecule has 3 rings (SSSR count). The third kappa shape index (κ3) is 3.15. The van der Waals surface area contributed by atoms with Crippen LogP contribution in [0.2, 0.25) is 0 Å². The molecule has 0 aliphatic rings. The van der Waals surface area contributed by atoms with Crippen LogP contribution in [0.15, 0.2) is 54.6 Å². The van der Waals surface area contributed by atoms with Gasteiger partial charge in [-0.3, -0.25) is 0 Å². The van der Waals surface area contributed by atoms with Crippen LogP contribution >= 0.6 is 0 Å². The minimum Gasteiger partial charge on any atom is -0.383 e. The van der Waals surface area contributed by atoms with Gasteiger partial charge in [0, 0.05) is 24.0 Å². The molecular formula is C19H21N5. The molecule has 0 saturated carbocycles. The minimum atomic E-state index is 0.471. The number of nitrogens with one attached hydrogen (secondary N) is 1. The summed E-state index contributed by atoms with van der Waals surface area (Å²) in [5.41, 5.74) is 10.1. The summed E-state index contributed by atoms with van der Waals surface area (Å²) in [5, 5.41) is 3.37. The number of nitrogens with zero attached hydrogens (tertiary/aromatic N) is 3. The van der Waals surface area contributed by atoms with E-state index in [2.05, 4.69) is 28.3 Å². The van der Waals surface area contributed by atoms with Gasteiger partial charge in [-0.2, -0.15) is 9.97 Å². The number of aromatic nitrogens is 2. The van der Waals surface area contributed by atoms with Gasteiger partial charge in [0.15, 0.2) is 0 Å². The zero-order valence-electron chi connectivity index (χ0n) is 14.1. The van der Waals surface area contributed by atoms with Crippen LogP contribution in [0.4, 0.5) is 29.0 Å². The van der Waals surface area contributed by atoms with Crippen LogP contribution in [0.25, 0.3) is 0 Å². The first-order valence-corrected chi connectivity index (χ1v) is 7.82. The number of anilines is 5. The van der Waals surface area contributed by atoms with Gasteiger partial charge < -0.3 is 16.0 Å². The molecule has 24 heavy (non-hydrogen) atoms. The first-order valence-electron chi connectivity index (χ1n) is 7.82. The van der Waals surface area contributed by atoms with Crippen molar-refractivity contribution in [3.63, 3.8) is 0 Å². The number of nitrogens with two attached hydrogens (primary N) is 1. The number of benzene rings is 2. The smallest absolute Gasteiger partial charge is 0.233 e. The topological polar surface area (TPSA) is 67.1 Å². The predicted molar refractivity (Wildman–Crippen MR) is 100 cm³/mol. The van der Waals surface area contributed by atoms with E-state index in [-0.39, 0.29) is 0 Å². The maximum Gasteiger partial charge on any atom is 0.233 e. The van der Waals surface area contributed by atoms with Crippen molar-refractivity contribution in [2.75, 3.05) is 23.0 Å². The number of rotatable bonds is 4. The Morgan fingerprint density at radius 1 is 0.917 bits per heavy atom. The Labute approximate surface area is 142 Å². The lowest BCUT2D eigenvalue weighted by Gasteiger charge is -2.20. The molecule has 0 aliphatic heterocycles. The lowest BCUT2D eigenvalue weighted by atomic mass is 10.2. The fraction of sp³-hybridized carbons (Fsp3) is 0.158. The monoisotopic (exact) mass is 319 g/mol. The Kier molecular flexibility index (Phi) is 4.33. The van der Waals surface area contributed by atoms with E-state index in [9.17, 15) is 0 Å². The third-order valence-corrected chi connectivity index (χ3v) is 4.01. The second-order valence-electron chi connectivity index (χ2n) is 5.72. The molecule has 0 spiro atoms. The molecule has 2 aromatic carbocycles. The van der Waals surface area contributed by atoms with Crippen LogP contribution in [0, 0.1) is 13.8 Å². The van der Waals surface area contributed by atoms with Gasteiger partial charge in [-0.25, -0.2) is 0 Å². The number of para-hydroxylation sites is 2. The maximum absolute atomic E-state index is 6.11. The van der Waals surface area contributed by atoms with E-state index >= 15 is 0 Å². The molecule has 122 valence electrons. The molecular weight excluding hydrogens is 298 g/mol. The highest BCUT2D eigenvalue weighted by Crippen LogP contribution is 2.28. The summed E-state index contributed by atoms with van der Waals surface area (Å²) in [4.78, 5) is 11.0. The fourth-order valence-electron chi connectivity index (χ4n) is 2.40. The first kappa shape index (κ1) is 15.8. The van der Waals surface area contributed by atoms with Crippen molar-refractivity contribution in [1.29, 1.82) is 0 Å². The Balaban J connectivity index is 1.99.